The molecule has 0 saturated carbocycles. The SMILES string of the molecule is CO/C=C(/O)C(O)C(=O)CO. The van der Waals surface area contributed by atoms with Crippen molar-refractivity contribution in [3.05, 3.63) is 12.0 Å². The minimum Gasteiger partial charge on any atom is -0.506 e. The zero-order chi connectivity index (χ0) is 8.85. The van der Waals surface area contributed by atoms with Gasteiger partial charge in [0.15, 0.2) is 17.6 Å². The number of ether oxygens (including phenoxy) is 1. The number of hydrogen-bond donors (Lipinski definition) is 3. The summed E-state index contributed by atoms with van der Waals surface area (Å²) < 4.78 is 4.31. The molecule has 0 amide bonds. The van der Waals surface area contributed by atoms with Crippen LogP contribution >= 0.6 is 0 Å². The van der Waals surface area contributed by atoms with E-state index in [2.05, 4.69) is 4.74 Å². The molecule has 1 atom stereocenters. The Morgan fingerprint density at radius 1 is 1.73 bits per heavy atom. The fraction of sp³-hybridized carbons (Fsp3) is 0.500. The summed E-state index contributed by atoms with van der Waals surface area (Å²) in [4.78, 5) is 10.5. The number of aliphatic hydroxyl groups excluding tert-OH is 3. The second-order valence-electron chi connectivity index (χ2n) is 1.81. The Morgan fingerprint density at radius 3 is 2.64 bits per heavy atom. The fourth-order valence-electron chi connectivity index (χ4n) is 0.437. The van der Waals surface area contributed by atoms with Crippen LogP contribution in [0, 0.1) is 0 Å². The molecule has 0 bridgehead atoms. The van der Waals surface area contributed by atoms with E-state index in [1.165, 1.54) is 7.11 Å². The smallest absolute Gasteiger partial charge is 0.194 e. The van der Waals surface area contributed by atoms with Crippen LogP contribution in [0.1, 0.15) is 0 Å². The fourth-order valence-corrected chi connectivity index (χ4v) is 0.437. The number of rotatable bonds is 4. The van der Waals surface area contributed by atoms with Gasteiger partial charge in [-0.15, -0.1) is 0 Å². The van der Waals surface area contributed by atoms with Gasteiger partial charge in [0.1, 0.15) is 12.9 Å². The Hall–Kier alpha value is -1.07. The van der Waals surface area contributed by atoms with Crippen molar-refractivity contribution < 1.29 is 24.9 Å². The molecule has 0 radical (unpaired) electrons. The predicted molar refractivity (Wildman–Crippen MR) is 35.8 cm³/mol. The third-order valence-corrected chi connectivity index (χ3v) is 0.980. The van der Waals surface area contributed by atoms with E-state index >= 15 is 0 Å². The van der Waals surface area contributed by atoms with E-state index in [9.17, 15) is 4.79 Å². The first-order valence-corrected chi connectivity index (χ1v) is 2.87. The molecule has 0 rings (SSSR count). The molecule has 0 saturated heterocycles. The second-order valence-corrected chi connectivity index (χ2v) is 1.81. The lowest BCUT2D eigenvalue weighted by molar-refractivity contribution is -0.129. The highest BCUT2D eigenvalue weighted by atomic mass is 16.5. The summed E-state index contributed by atoms with van der Waals surface area (Å²) in [6.07, 6.45) is -0.877. The topological polar surface area (TPSA) is 87.0 Å². The first-order chi connectivity index (χ1) is 5.13. The molecule has 0 aliphatic heterocycles. The maximum atomic E-state index is 10.5. The lowest BCUT2D eigenvalue weighted by Gasteiger charge is -2.05. The number of carbonyl (C=O) groups excluding carboxylic acids is 1. The molecule has 0 aliphatic carbocycles. The number of carbonyl (C=O) groups is 1. The first-order valence-electron chi connectivity index (χ1n) is 2.87. The van der Waals surface area contributed by atoms with Crippen molar-refractivity contribution in [1.29, 1.82) is 0 Å². The van der Waals surface area contributed by atoms with Crippen molar-refractivity contribution in [3.8, 4) is 0 Å². The van der Waals surface area contributed by atoms with Gasteiger partial charge in [-0.05, 0) is 0 Å². The summed E-state index contributed by atoms with van der Waals surface area (Å²) in [6.45, 7) is -0.817. The monoisotopic (exact) mass is 162 g/mol. The highest BCUT2D eigenvalue weighted by Crippen LogP contribution is 1.98. The van der Waals surface area contributed by atoms with Crippen molar-refractivity contribution >= 4 is 5.78 Å². The molecule has 0 heterocycles. The second kappa shape index (κ2) is 4.70. The van der Waals surface area contributed by atoms with Gasteiger partial charge in [-0.25, -0.2) is 0 Å². The van der Waals surface area contributed by atoms with E-state index in [4.69, 9.17) is 15.3 Å². The Bertz CT molecular complexity index is 162. The number of aliphatic hydroxyl groups is 3. The molecule has 1 unspecified atom stereocenters. The van der Waals surface area contributed by atoms with Crippen molar-refractivity contribution in [1.82, 2.24) is 0 Å². The largest absolute Gasteiger partial charge is 0.506 e. The number of ketones is 1. The van der Waals surface area contributed by atoms with E-state index in [1.807, 2.05) is 0 Å². The molecule has 0 aromatic rings. The summed E-state index contributed by atoms with van der Waals surface area (Å²) >= 11 is 0. The van der Waals surface area contributed by atoms with Crippen molar-refractivity contribution in [2.75, 3.05) is 13.7 Å². The minimum absolute atomic E-state index is 0.619. The van der Waals surface area contributed by atoms with Crippen LogP contribution in [0.3, 0.4) is 0 Å². The third kappa shape index (κ3) is 3.01. The van der Waals surface area contributed by atoms with Crippen molar-refractivity contribution in [2.45, 2.75) is 6.10 Å². The van der Waals surface area contributed by atoms with E-state index in [1.54, 1.807) is 0 Å². The summed E-state index contributed by atoms with van der Waals surface area (Å²) in [5.41, 5.74) is 0. The third-order valence-electron chi connectivity index (χ3n) is 0.980. The minimum atomic E-state index is -1.69. The van der Waals surface area contributed by atoms with E-state index in [0.29, 0.717) is 0 Å². The van der Waals surface area contributed by atoms with Gasteiger partial charge < -0.3 is 20.1 Å². The molecule has 64 valence electrons. The molecule has 0 spiro atoms. The molecule has 11 heavy (non-hydrogen) atoms. The highest BCUT2D eigenvalue weighted by molar-refractivity contribution is 5.86. The number of hydrogen-bond acceptors (Lipinski definition) is 5. The number of Topliss-reactive ketones (excluding diaryl/α,β-unsaturated/α-hetero) is 1. The maximum Gasteiger partial charge on any atom is 0.194 e. The van der Waals surface area contributed by atoms with Crippen LogP contribution in [0.5, 0.6) is 0 Å². The van der Waals surface area contributed by atoms with Gasteiger partial charge in [0, 0.05) is 0 Å². The summed E-state index contributed by atoms with van der Waals surface area (Å²) in [6, 6.07) is 0. The average molecular weight is 162 g/mol. The summed E-state index contributed by atoms with van der Waals surface area (Å²) in [5.74, 6) is -1.50. The standard InChI is InChI=1S/C6H10O5/c1-11-3-5(9)6(10)4(8)2-7/h3,6-7,9-10H,2H2,1H3/b5-3+. The zero-order valence-corrected chi connectivity index (χ0v) is 6.02. The molecule has 5 heteroatoms. The van der Waals surface area contributed by atoms with Gasteiger partial charge in [0.25, 0.3) is 0 Å². The van der Waals surface area contributed by atoms with E-state index < -0.39 is 24.3 Å². The Morgan fingerprint density at radius 2 is 2.27 bits per heavy atom. The van der Waals surface area contributed by atoms with Crippen LogP contribution in [0.25, 0.3) is 0 Å². The van der Waals surface area contributed by atoms with Crippen LogP contribution in [-0.4, -0.2) is 40.9 Å². The zero-order valence-electron chi connectivity index (χ0n) is 6.02. The van der Waals surface area contributed by atoms with Crippen molar-refractivity contribution in [2.24, 2.45) is 0 Å². The molecule has 0 aliphatic rings. The lowest BCUT2D eigenvalue weighted by Crippen LogP contribution is -2.25. The van der Waals surface area contributed by atoms with Crippen LogP contribution in [0.2, 0.25) is 0 Å². The van der Waals surface area contributed by atoms with Gasteiger partial charge in [0.2, 0.25) is 0 Å². The predicted octanol–water partition coefficient (Wildman–Crippen LogP) is -1.05. The van der Waals surface area contributed by atoms with E-state index in [-0.39, 0.29) is 0 Å². The molecule has 5 nitrogen and oxygen atoms in total. The summed E-state index contributed by atoms with van der Waals surface area (Å²) in [5, 5.41) is 25.8. The Labute approximate surface area is 63.5 Å². The van der Waals surface area contributed by atoms with Gasteiger partial charge >= 0.3 is 0 Å². The normalized spacial score (nSPS) is 14.3. The maximum absolute atomic E-state index is 10.5. The van der Waals surface area contributed by atoms with Gasteiger partial charge in [-0.3, -0.25) is 4.79 Å². The quantitative estimate of drug-likeness (QED) is 0.459. The first kappa shape index (κ1) is 9.93. The Balaban J connectivity index is 4.12. The highest BCUT2D eigenvalue weighted by Gasteiger charge is 2.18. The Kier molecular flexibility index (Phi) is 4.24. The van der Waals surface area contributed by atoms with Gasteiger partial charge in [0.05, 0.1) is 7.11 Å². The van der Waals surface area contributed by atoms with Gasteiger partial charge in [-0.1, -0.05) is 0 Å². The lowest BCUT2D eigenvalue weighted by atomic mass is 10.2. The van der Waals surface area contributed by atoms with E-state index in [0.717, 1.165) is 6.26 Å². The van der Waals surface area contributed by atoms with Crippen LogP contribution in [-0.2, 0) is 9.53 Å². The molecular formula is C6H10O5. The molecule has 3 N–H and O–H groups in total. The van der Waals surface area contributed by atoms with Crippen LogP contribution in [0.4, 0.5) is 0 Å². The van der Waals surface area contributed by atoms with Crippen LogP contribution in [0.15, 0.2) is 12.0 Å². The van der Waals surface area contributed by atoms with Crippen LogP contribution < -0.4 is 0 Å². The van der Waals surface area contributed by atoms with Gasteiger partial charge in [-0.2, -0.15) is 0 Å². The average Bonchev–Trinajstić information content (AvgIpc) is 2.02. The van der Waals surface area contributed by atoms with Crippen molar-refractivity contribution in [3.63, 3.8) is 0 Å². The number of methoxy groups -OCH3 is 1. The summed E-state index contributed by atoms with van der Waals surface area (Å²) in [7, 11) is 1.26. The molecule has 0 aromatic carbocycles. The molecule has 0 aromatic heterocycles. The molecular weight excluding hydrogens is 152 g/mol. The molecule has 0 fully saturated rings.